The van der Waals surface area contributed by atoms with Crippen LogP contribution in [-0.2, 0) is 0 Å². The highest BCUT2D eigenvalue weighted by Crippen LogP contribution is 2.29. The summed E-state index contributed by atoms with van der Waals surface area (Å²) in [5.41, 5.74) is 5.78. The maximum Gasteiger partial charge on any atom is 0.0417 e. The molecule has 0 aromatic carbocycles. The Labute approximate surface area is 160 Å². The van der Waals surface area contributed by atoms with Crippen LogP contribution >= 0.6 is 0 Å². The van der Waals surface area contributed by atoms with Gasteiger partial charge in [0.2, 0.25) is 0 Å². The predicted octanol–water partition coefficient (Wildman–Crippen LogP) is 5.86. The van der Waals surface area contributed by atoms with Gasteiger partial charge in [0, 0.05) is 54.2 Å². The maximum absolute atomic E-state index is 2.67. The molecule has 0 fully saturated rings. The number of hydrogen-bond acceptors (Lipinski definition) is 0. The largest absolute Gasteiger partial charge is 0.0715 e. The van der Waals surface area contributed by atoms with Crippen LogP contribution in [0.5, 0.6) is 0 Å². The van der Waals surface area contributed by atoms with Crippen molar-refractivity contribution >= 4 is 54.2 Å². The van der Waals surface area contributed by atoms with Crippen molar-refractivity contribution in [1.29, 1.82) is 0 Å². The van der Waals surface area contributed by atoms with Crippen LogP contribution in [0.2, 0.25) is 64.6 Å². The quantitative estimate of drug-likeness (QED) is 0.352. The first-order valence-electron chi connectivity index (χ1n) is 9.28. The lowest BCUT2D eigenvalue weighted by atomic mass is 10.5. The molecular weight excluding hydrogens is 373 g/mol. The Morgan fingerprint density at radius 3 is 2.00 bits per heavy atom. The molecule has 8 radical (unpaired) electrons. The first kappa shape index (κ1) is 24.3. The number of rotatable bonds is 12. The Kier molecular flexibility index (Phi) is 11.7. The molecule has 0 saturated carbocycles. The Morgan fingerprint density at radius 1 is 1.00 bits per heavy atom. The summed E-state index contributed by atoms with van der Waals surface area (Å²) in [5.74, 6) is 0. The third-order valence-corrected chi connectivity index (χ3v) is 26.1. The molecule has 0 N–H and O–H groups in total. The fourth-order valence-electron chi connectivity index (χ4n) is 3.39. The first-order valence-corrected chi connectivity index (χ1v) is 21.0. The molecule has 0 aliphatic carbocycles. The van der Waals surface area contributed by atoms with E-state index in [1.807, 2.05) is 0 Å². The Bertz CT molecular complexity index is 316. The van der Waals surface area contributed by atoms with Gasteiger partial charge in [-0.05, 0) is 0 Å². The van der Waals surface area contributed by atoms with Crippen LogP contribution in [0, 0.1) is 0 Å². The van der Waals surface area contributed by atoms with E-state index in [0.29, 0.717) is 4.66 Å². The second kappa shape index (κ2) is 11.1. The van der Waals surface area contributed by atoms with E-state index < -0.39 is 8.07 Å². The molecule has 0 bridgehead atoms. The van der Waals surface area contributed by atoms with E-state index in [1.54, 1.807) is 17.0 Å². The highest BCUT2D eigenvalue weighted by Gasteiger charge is 2.29. The average Bonchev–Trinajstić information content (AvgIpc) is 2.33. The van der Waals surface area contributed by atoms with Gasteiger partial charge in [-0.3, -0.25) is 0 Å². The molecule has 0 nitrogen and oxygen atoms in total. The average molecular weight is 413 g/mol. The van der Waals surface area contributed by atoms with E-state index in [1.165, 1.54) is 25.1 Å². The normalized spacial score (nSPS) is 15.0. The Hall–Kier alpha value is 1.30. The third kappa shape index (κ3) is 13.2. The van der Waals surface area contributed by atoms with Gasteiger partial charge in [-0.2, -0.15) is 0 Å². The molecule has 1 unspecified atom stereocenters. The second-order valence-corrected chi connectivity index (χ2v) is 29.5. The molecule has 0 rings (SSSR count). The molecule has 132 valence electrons. The first-order chi connectivity index (χ1) is 10.4. The summed E-state index contributed by atoms with van der Waals surface area (Å²) in [5, 5.41) is 0.950. The van der Waals surface area contributed by atoms with E-state index in [-0.39, 0.29) is 17.6 Å². The van der Waals surface area contributed by atoms with Crippen molar-refractivity contribution in [3.05, 3.63) is 0 Å². The molecule has 0 aliphatic rings. The lowest BCUT2D eigenvalue weighted by Gasteiger charge is -2.31. The molecule has 0 saturated heterocycles. The zero-order valence-electron chi connectivity index (χ0n) is 17.5. The summed E-state index contributed by atoms with van der Waals surface area (Å²) in [7, 11) is 2.51. The van der Waals surface area contributed by atoms with Crippen LogP contribution in [0.3, 0.4) is 0 Å². The van der Waals surface area contributed by atoms with Gasteiger partial charge < -0.3 is 0 Å². The van der Waals surface area contributed by atoms with Crippen LogP contribution in [-0.4, -0.2) is 54.2 Å². The van der Waals surface area contributed by atoms with Gasteiger partial charge >= 0.3 is 0 Å². The van der Waals surface area contributed by atoms with Gasteiger partial charge in [-0.15, -0.1) is 0 Å². The van der Waals surface area contributed by atoms with Gasteiger partial charge in [0.1, 0.15) is 0 Å². The smallest absolute Gasteiger partial charge is 0.0417 e. The fraction of sp³-hybridized carbons (Fsp3) is 1.00. The summed E-state index contributed by atoms with van der Waals surface area (Å²) in [4.78, 5) is 0. The molecule has 0 spiro atoms. The van der Waals surface area contributed by atoms with E-state index in [9.17, 15) is 0 Å². The van der Waals surface area contributed by atoms with E-state index in [4.69, 9.17) is 0 Å². The van der Waals surface area contributed by atoms with E-state index in [0.717, 1.165) is 20.2 Å². The number of hydrogen-bond donors (Lipinski definition) is 0. The van der Waals surface area contributed by atoms with Crippen LogP contribution < -0.4 is 0 Å². The summed E-state index contributed by atoms with van der Waals surface area (Å²) in [6, 6.07) is 1.47. The minimum Gasteiger partial charge on any atom is -0.0715 e. The zero-order chi connectivity index (χ0) is 18.3. The molecule has 6 heteroatoms. The van der Waals surface area contributed by atoms with Gasteiger partial charge in [0.05, 0.1) is 0 Å². The molecule has 0 aromatic heterocycles. The van der Waals surface area contributed by atoms with Crippen molar-refractivity contribution in [2.45, 2.75) is 106 Å². The van der Waals surface area contributed by atoms with Crippen molar-refractivity contribution < 1.29 is 0 Å². The lowest BCUT2D eigenvalue weighted by molar-refractivity contribution is 0.916. The maximum atomic E-state index is 2.67. The van der Waals surface area contributed by atoms with Crippen molar-refractivity contribution in [2.24, 2.45) is 0 Å². The molecule has 1 atom stereocenters. The molecule has 0 aromatic rings. The monoisotopic (exact) mass is 412 g/mol. The van der Waals surface area contributed by atoms with Crippen molar-refractivity contribution in [1.82, 2.24) is 0 Å². The summed E-state index contributed by atoms with van der Waals surface area (Å²) in [6.07, 6.45) is 0. The van der Waals surface area contributed by atoms with Crippen molar-refractivity contribution in [3.8, 4) is 0 Å². The molecule has 23 heavy (non-hydrogen) atoms. The minimum absolute atomic E-state index is 0.0182. The van der Waals surface area contributed by atoms with Gasteiger partial charge in [-0.1, -0.05) is 106 Å². The lowest BCUT2D eigenvalue weighted by Crippen LogP contribution is -2.37. The van der Waals surface area contributed by atoms with Crippen LogP contribution in [0.4, 0.5) is 0 Å². The Morgan fingerprint density at radius 2 is 1.52 bits per heavy atom. The van der Waals surface area contributed by atoms with Crippen LogP contribution in [0.25, 0.3) is 0 Å². The molecule has 0 amide bonds. The SMILES string of the molecule is CC[Si](C)C[Si](C)(C)C[Si](C)C[Si]C(C)(C)[Si]C(C)[Si]C(C)C. The summed E-state index contributed by atoms with van der Waals surface area (Å²) in [6.45, 7) is 25.3. The topological polar surface area (TPSA) is 0 Å². The highest BCUT2D eigenvalue weighted by molar-refractivity contribution is 6.96. The minimum atomic E-state index is -0.902. The molecule has 0 heterocycles. The predicted molar refractivity (Wildman–Crippen MR) is 121 cm³/mol. The van der Waals surface area contributed by atoms with Crippen LogP contribution in [0.15, 0.2) is 0 Å². The molecule has 0 aliphatic heterocycles. The van der Waals surface area contributed by atoms with Gasteiger partial charge in [0.15, 0.2) is 0 Å². The second-order valence-electron chi connectivity index (χ2n) is 8.95. The Balaban J connectivity index is 4.27. The zero-order valence-corrected chi connectivity index (χ0v) is 23.5. The highest BCUT2D eigenvalue weighted by atomic mass is 28.4. The molecular formula is C17H40Si6. The van der Waals surface area contributed by atoms with Crippen LogP contribution in [0.1, 0.15) is 41.5 Å². The van der Waals surface area contributed by atoms with Crippen molar-refractivity contribution in [2.75, 3.05) is 0 Å². The summed E-state index contributed by atoms with van der Waals surface area (Å²) < 4.78 is 0.613. The third-order valence-electron chi connectivity index (χ3n) is 4.16. The fourth-order valence-corrected chi connectivity index (χ4v) is 30.5. The van der Waals surface area contributed by atoms with Gasteiger partial charge in [-0.25, -0.2) is 0 Å². The van der Waals surface area contributed by atoms with Gasteiger partial charge in [0.25, 0.3) is 0 Å². The standard InChI is InChI=1S/C17H40Si6/c1-11-21(7)13-23(9,10)14-22(8)12-18-17(5,6)20-16(4)19-15(2)3/h15-16H,11-14H2,1-10H3. The van der Waals surface area contributed by atoms with E-state index >= 15 is 0 Å². The van der Waals surface area contributed by atoms with E-state index in [2.05, 4.69) is 67.7 Å². The van der Waals surface area contributed by atoms with Crippen molar-refractivity contribution in [3.63, 3.8) is 0 Å². The summed E-state index contributed by atoms with van der Waals surface area (Å²) >= 11 is 0.